The summed E-state index contributed by atoms with van der Waals surface area (Å²) in [4.78, 5) is 23.8. The number of aliphatic hydroxyl groups excluding tert-OH is 1. The van der Waals surface area contributed by atoms with Crippen molar-refractivity contribution in [1.29, 1.82) is 0 Å². The second kappa shape index (κ2) is 5.46. The summed E-state index contributed by atoms with van der Waals surface area (Å²) < 4.78 is 0. The van der Waals surface area contributed by atoms with Gasteiger partial charge in [-0.15, -0.1) is 0 Å². The van der Waals surface area contributed by atoms with Gasteiger partial charge < -0.3 is 15.7 Å². The van der Waals surface area contributed by atoms with Gasteiger partial charge in [0.05, 0.1) is 16.6 Å². The zero-order chi connectivity index (χ0) is 14.9. The second-order valence-electron chi connectivity index (χ2n) is 5.09. The Kier molecular flexibility index (Phi) is 3.89. The number of benzene rings is 1. The Morgan fingerprint density at radius 3 is 2.80 bits per heavy atom. The molecule has 0 spiro atoms. The van der Waals surface area contributed by atoms with Crippen molar-refractivity contribution in [1.82, 2.24) is 4.90 Å². The lowest BCUT2D eigenvalue weighted by atomic mass is 10.1. The van der Waals surface area contributed by atoms with Crippen LogP contribution in [0.15, 0.2) is 18.2 Å². The summed E-state index contributed by atoms with van der Waals surface area (Å²) in [6.07, 6.45) is 1.40. The van der Waals surface area contributed by atoms with Gasteiger partial charge in [0, 0.05) is 19.7 Å². The lowest BCUT2D eigenvalue weighted by Gasteiger charge is -2.21. The van der Waals surface area contributed by atoms with E-state index in [1.165, 1.54) is 23.1 Å². The number of nitrogen functional groups attached to an aromatic ring is 1. The molecule has 0 bridgehead atoms. The topological polar surface area (TPSA) is 110 Å². The largest absolute Gasteiger partial charge is 0.393 e. The van der Waals surface area contributed by atoms with Crippen LogP contribution >= 0.6 is 0 Å². The Bertz CT molecular complexity index is 542. The van der Waals surface area contributed by atoms with Crippen LogP contribution in [-0.4, -0.2) is 40.5 Å². The minimum atomic E-state index is -0.620. The van der Waals surface area contributed by atoms with Crippen LogP contribution < -0.4 is 5.73 Å². The van der Waals surface area contributed by atoms with Gasteiger partial charge in [-0.05, 0) is 24.8 Å². The van der Waals surface area contributed by atoms with Crippen LogP contribution in [0.1, 0.15) is 23.2 Å². The molecule has 0 radical (unpaired) electrons. The molecule has 2 rings (SSSR count). The fourth-order valence-corrected chi connectivity index (χ4v) is 2.10. The molecule has 1 amide bonds. The summed E-state index contributed by atoms with van der Waals surface area (Å²) in [5.41, 5.74) is 5.33. The van der Waals surface area contributed by atoms with Crippen molar-refractivity contribution in [2.45, 2.75) is 18.9 Å². The molecule has 108 valence electrons. The van der Waals surface area contributed by atoms with Crippen molar-refractivity contribution in [3.05, 3.63) is 33.9 Å². The Morgan fingerprint density at radius 1 is 1.60 bits per heavy atom. The molecule has 1 aromatic carbocycles. The maximum absolute atomic E-state index is 12.2. The first kappa shape index (κ1) is 14.3. The summed E-state index contributed by atoms with van der Waals surface area (Å²) >= 11 is 0. The smallest absolute Gasteiger partial charge is 0.292 e. The minimum Gasteiger partial charge on any atom is -0.393 e. The molecule has 0 aromatic heterocycles. The number of likely N-dealkylation sites (N-methyl/N-ethyl adjacent to an activating group) is 1. The monoisotopic (exact) mass is 279 g/mol. The van der Waals surface area contributed by atoms with Gasteiger partial charge >= 0.3 is 0 Å². The first-order valence-electron chi connectivity index (χ1n) is 6.38. The highest BCUT2D eigenvalue weighted by molar-refractivity contribution is 6.00. The normalized spacial score (nSPS) is 15.7. The molecule has 1 aromatic rings. The number of hydrogen-bond acceptors (Lipinski definition) is 5. The van der Waals surface area contributed by atoms with Gasteiger partial charge in [-0.2, -0.15) is 0 Å². The zero-order valence-electron chi connectivity index (χ0n) is 11.2. The number of carbonyl (C=O) groups is 1. The van der Waals surface area contributed by atoms with E-state index in [0.29, 0.717) is 0 Å². The van der Waals surface area contributed by atoms with Gasteiger partial charge in [0.1, 0.15) is 5.69 Å². The SMILES string of the molecule is CN(CC(O)C1CC1)C(=O)c1cccc([N+](=O)[O-])c1N. The molecule has 1 atom stereocenters. The van der Waals surface area contributed by atoms with Crippen molar-refractivity contribution < 1.29 is 14.8 Å². The maximum atomic E-state index is 12.2. The first-order chi connectivity index (χ1) is 9.41. The number of amides is 1. The Labute approximate surface area is 116 Å². The lowest BCUT2D eigenvalue weighted by molar-refractivity contribution is -0.383. The molecule has 7 heteroatoms. The molecular weight excluding hydrogens is 262 g/mol. The molecule has 1 aliphatic carbocycles. The van der Waals surface area contributed by atoms with E-state index >= 15 is 0 Å². The van der Waals surface area contributed by atoms with Gasteiger partial charge in [0.25, 0.3) is 11.6 Å². The van der Waals surface area contributed by atoms with Gasteiger partial charge in [0.2, 0.25) is 0 Å². The Balaban J connectivity index is 2.15. The van der Waals surface area contributed by atoms with E-state index in [9.17, 15) is 20.0 Å². The van der Waals surface area contributed by atoms with Crippen molar-refractivity contribution in [3.8, 4) is 0 Å². The average molecular weight is 279 g/mol. The van der Waals surface area contributed by atoms with Crippen molar-refractivity contribution >= 4 is 17.3 Å². The van der Waals surface area contributed by atoms with E-state index in [-0.39, 0.29) is 29.4 Å². The molecule has 1 saturated carbocycles. The third-order valence-corrected chi connectivity index (χ3v) is 3.48. The third-order valence-electron chi connectivity index (χ3n) is 3.48. The predicted octanol–water partition coefficient (Wildman–Crippen LogP) is 1.02. The summed E-state index contributed by atoms with van der Waals surface area (Å²) in [6, 6.07) is 4.13. The van der Waals surface area contributed by atoms with Crippen LogP contribution in [0.5, 0.6) is 0 Å². The van der Waals surface area contributed by atoms with Crippen LogP contribution in [0.25, 0.3) is 0 Å². The fourth-order valence-electron chi connectivity index (χ4n) is 2.10. The molecule has 20 heavy (non-hydrogen) atoms. The van der Waals surface area contributed by atoms with Crippen molar-refractivity contribution in [2.24, 2.45) is 5.92 Å². The summed E-state index contributed by atoms with van der Waals surface area (Å²) in [5.74, 6) is -0.168. The molecule has 0 saturated heterocycles. The highest BCUT2D eigenvalue weighted by atomic mass is 16.6. The minimum absolute atomic E-state index is 0.0877. The van der Waals surface area contributed by atoms with Gasteiger partial charge in [-0.3, -0.25) is 14.9 Å². The highest BCUT2D eigenvalue weighted by Crippen LogP contribution is 2.33. The third kappa shape index (κ3) is 2.88. The summed E-state index contributed by atoms with van der Waals surface area (Å²) in [6.45, 7) is 0.200. The first-order valence-corrected chi connectivity index (χ1v) is 6.38. The fraction of sp³-hybridized carbons (Fsp3) is 0.462. The maximum Gasteiger partial charge on any atom is 0.292 e. The van der Waals surface area contributed by atoms with Crippen LogP contribution in [0.3, 0.4) is 0 Å². The summed E-state index contributed by atoms with van der Waals surface area (Å²) in [7, 11) is 1.55. The standard InChI is InChI=1S/C13H17N3O4/c1-15(7-11(17)8-5-6-8)13(18)9-3-2-4-10(12(9)14)16(19)20/h2-4,8,11,17H,5-7,14H2,1H3. The summed E-state index contributed by atoms with van der Waals surface area (Å²) in [5, 5.41) is 20.6. The number of hydrogen-bond donors (Lipinski definition) is 2. The van der Waals surface area contributed by atoms with Crippen molar-refractivity contribution in [2.75, 3.05) is 19.3 Å². The molecule has 1 fully saturated rings. The van der Waals surface area contributed by atoms with E-state index in [1.54, 1.807) is 7.05 Å². The quantitative estimate of drug-likeness (QED) is 0.475. The molecule has 1 unspecified atom stereocenters. The second-order valence-corrected chi connectivity index (χ2v) is 5.09. The molecule has 1 aliphatic rings. The van der Waals surface area contributed by atoms with Gasteiger partial charge in [-0.1, -0.05) is 6.07 Å². The Morgan fingerprint density at radius 2 is 2.25 bits per heavy atom. The van der Waals surface area contributed by atoms with E-state index in [1.807, 2.05) is 0 Å². The zero-order valence-corrected chi connectivity index (χ0v) is 11.2. The number of para-hydroxylation sites is 1. The number of anilines is 1. The van der Waals surface area contributed by atoms with Gasteiger partial charge in [-0.25, -0.2) is 0 Å². The van der Waals surface area contributed by atoms with Crippen LogP contribution in [-0.2, 0) is 0 Å². The number of rotatable bonds is 5. The van der Waals surface area contributed by atoms with E-state index < -0.39 is 16.9 Å². The molecule has 3 N–H and O–H groups in total. The lowest BCUT2D eigenvalue weighted by Crippen LogP contribution is -2.35. The van der Waals surface area contributed by atoms with Crippen LogP contribution in [0.4, 0.5) is 11.4 Å². The number of nitrogens with two attached hydrogens (primary N) is 1. The predicted molar refractivity (Wildman–Crippen MR) is 73.2 cm³/mol. The molecule has 7 nitrogen and oxygen atoms in total. The van der Waals surface area contributed by atoms with E-state index in [4.69, 9.17) is 5.73 Å². The average Bonchev–Trinajstić information content (AvgIpc) is 3.22. The van der Waals surface area contributed by atoms with E-state index in [2.05, 4.69) is 0 Å². The van der Waals surface area contributed by atoms with Crippen LogP contribution in [0.2, 0.25) is 0 Å². The van der Waals surface area contributed by atoms with Crippen molar-refractivity contribution in [3.63, 3.8) is 0 Å². The molecule has 0 aliphatic heterocycles. The number of carbonyl (C=O) groups excluding carboxylic acids is 1. The van der Waals surface area contributed by atoms with E-state index in [0.717, 1.165) is 12.8 Å². The molecule has 0 heterocycles. The number of nitro benzene ring substituents is 1. The number of nitro groups is 1. The number of nitrogens with zero attached hydrogens (tertiary/aromatic N) is 2. The number of aliphatic hydroxyl groups is 1. The molecular formula is C13H17N3O4. The Hall–Kier alpha value is -2.15. The highest BCUT2D eigenvalue weighted by Gasteiger charge is 2.31. The van der Waals surface area contributed by atoms with Crippen LogP contribution in [0, 0.1) is 16.0 Å². The van der Waals surface area contributed by atoms with Gasteiger partial charge in [0.15, 0.2) is 0 Å².